The third kappa shape index (κ3) is 7.20. The van der Waals surface area contributed by atoms with Crippen LogP contribution in [-0.2, 0) is 31.9 Å². The molecule has 6 rings (SSSR count). The standard InChI is InChI=1S/C28H22N3.C13H24O2.Ir/c1-17(2)24-15-20(14-19-9-5-6-10-21(19)24)26-25-23-13-12-18-8-4-7-11-22(18)27(23)31(3)28(25)30-16-29-26;1-5-10(6-2)12(14)9-13(15)11(7-3)8-4;/h4-13,15-17H,1-3H3;9-11,14H,5-8H2,1-4H3;/q-1;;/b;12-9-;. The minimum absolute atomic E-state index is 0. The van der Waals surface area contributed by atoms with E-state index in [9.17, 15) is 9.90 Å². The monoisotopic (exact) mass is 805 g/mol. The smallest absolute Gasteiger partial charge is 0.162 e. The van der Waals surface area contributed by atoms with Gasteiger partial charge >= 0.3 is 0 Å². The largest absolute Gasteiger partial charge is 0.512 e. The van der Waals surface area contributed by atoms with Crippen molar-refractivity contribution in [2.45, 2.75) is 73.1 Å². The van der Waals surface area contributed by atoms with E-state index in [1.165, 1.54) is 38.7 Å². The number of carbonyl (C=O) groups excluding carboxylic acids is 1. The van der Waals surface area contributed by atoms with Crippen LogP contribution in [0.2, 0.25) is 0 Å². The summed E-state index contributed by atoms with van der Waals surface area (Å²) in [5, 5.41) is 16.9. The Balaban J connectivity index is 0.000000269. The van der Waals surface area contributed by atoms with E-state index in [2.05, 4.69) is 103 Å². The van der Waals surface area contributed by atoms with Crippen LogP contribution in [0.3, 0.4) is 0 Å². The molecule has 2 heterocycles. The molecule has 6 heteroatoms. The van der Waals surface area contributed by atoms with Gasteiger partial charge in [-0.1, -0.05) is 107 Å². The third-order valence-corrected chi connectivity index (χ3v) is 9.42. The van der Waals surface area contributed by atoms with Crippen LogP contribution in [0, 0.1) is 17.9 Å². The van der Waals surface area contributed by atoms with Crippen molar-refractivity contribution in [3.8, 4) is 11.3 Å². The van der Waals surface area contributed by atoms with Gasteiger partial charge in [-0.05, 0) is 37.0 Å². The van der Waals surface area contributed by atoms with Crippen molar-refractivity contribution in [1.29, 1.82) is 0 Å². The number of aliphatic hydroxyl groups excluding tert-OH is 1. The summed E-state index contributed by atoms with van der Waals surface area (Å²) in [5.41, 5.74) is 5.43. The Hall–Kier alpha value is -3.86. The number of benzene rings is 4. The van der Waals surface area contributed by atoms with Gasteiger partial charge < -0.3 is 9.67 Å². The fourth-order valence-electron chi connectivity index (χ4n) is 6.65. The van der Waals surface area contributed by atoms with E-state index in [4.69, 9.17) is 4.98 Å². The summed E-state index contributed by atoms with van der Waals surface area (Å²) >= 11 is 0. The second-order valence-corrected chi connectivity index (χ2v) is 12.5. The summed E-state index contributed by atoms with van der Waals surface area (Å²) in [7, 11) is 2.09. The molecule has 1 radical (unpaired) electrons. The van der Waals surface area contributed by atoms with Crippen molar-refractivity contribution < 1.29 is 30.0 Å². The number of aryl methyl sites for hydroxylation is 1. The van der Waals surface area contributed by atoms with Crippen LogP contribution in [0.25, 0.3) is 54.7 Å². The summed E-state index contributed by atoms with van der Waals surface area (Å²) in [4.78, 5) is 21.2. The van der Waals surface area contributed by atoms with E-state index in [1.54, 1.807) is 6.33 Å². The Labute approximate surface area is 292 Å². The molecule has 0 amide bonds. The van der Waals surface area contributed by atoms with Crippen molar-refractivity contribution in [1.82, 2.24) is 14.5 Å². The Bertz CT molecular complexity index is 2030. The summed E-state index contributed by atoms with van der Waals surface area (Å²) < 4.78 is 2.20. The van der Waals surface area contributed by atoms with Gasteiger partial charge in [0.1, 0.15) is 12.0 Å². The van der Waals surface area contributed by atoms with Gasteiger partial charge in [0.2, 0.25) is 0 Å². The van der Waals surface area contributed by atoms with Crippen molar-refractivity contribution >= 4 is 49.3 Å². The molecular formula is C41H46IrN3O2-. The number of rotatable bonds is 9. The first-order chi connectivity index (χ1) is 22.2. The molecule has 0 unspecified atom stereocenters. The fraction of sp³-hybridized carbons (Fsp3) is 0.341. The Kier molecular flexibility index (Phi) is 12.1. The molecule has 0 aliphatic rings. The maximum Gasteiger partial charge on any atom is 0.162 e. The molecule has 6 aromatic rings. The molecule has 247 valence electrons. The molecular weight excluding hydrogens is 759 g/mol. The quantitative estimate of drug-likeness (QED) is 0.0898. The zero-order valence-electron chi connectivity index (χ0n) is 28.6. The number of hydrogen-bond donors (Lipinski definition) is 1. The number of aliphatic hydroxyl groups is 1. The molecule has 0 bridgehead atoms. The average molecular weight is 805 g/mol. The predicted octanol–water partition coefficient (Wildman–Crippen LogP) is 10.9. The van der Waals surface area contributed by atoms with Gasteiger partial charge in [-0.15, -0.1) is 29.1 Å². The maximum atomic E-state index is 11.7. The molecule has 0 aliphatic carbocycles. The van der Waals surface area contributed by atoms with Gasteiger partial charge in [0, 0.05) is 66.9 Å². The summed E-state index contributed by atoms with van der Waals surface area (Å²) in [5.74, 6) is 0.957. The summed E-state index contributed by atoms with van der Waals surface area (Å²) in [6, 6.07) is 27.3. The van der Waals surface area contributed by atoms with Crippen LogP contribution in [-0.4, -0.2) is 25.4 Å². The van der Waals surface area contributed by atoms with Crippen LogP contribution >= 0.6 is 0 Å². The minimum atomic E-state index is 0. The summed E-state index contributed by atoms with van der Waals surface area (Å²) in [6.45, 7) is 12.6. The van der Waals surface area contributed by atoms with Crippen molar-refractivity contribution in [2.24, 2.45) is 18.9 Å². The van der Waals surface area contributed by atoms with Crippen LogP contribution < -0.4 is 0 Å². The van der Waals surface area contributed by atoms with E-state index in [0.29, 0.717) is 5.92 Å². The van der Waals surface area contributed by atoms with Crippen LogP contribution in [0.1, 0.15) is 78.7 Å². The number of aromatic nitrogens is 3. The molecule has 0 fully saturated rings. The molecule has 47 heavy (non-hydrogen) atoms. The molecule has 0 saturated heterocycles. The van der Waals surface area contributed by atoms with Gasteiger partial charge in [0.25, 0.3) is 0 Å². The van der Waals surface area contributed by atoms with Crippen LogP contribution in [0.4, 0.5) is 0 Å². The SMILES string of the molecule is CC(C)c1cc(-c2ncnc3c2c2ccc4ccccc4c2n3C)[c-]c2ccccc12.CCC(CC)C(=O)/C=C(\O)C(CC)CC.[Ir]. The van der Waals surface area contributed by atoms with Crippen LogP contribution in [0.5, 0.6) is 0 Å². The topological polar surface area (TPSA) is 68.0 Å². The first-order valence-corrected chi connectivity index (χ1v) is 16.7. The molecule has 0 atom stereocenters. The molecule has 2 aromatic heterocycles. The normalized spacial score (nSPS) is 11.9. The Morgan fingerprint density at radius 2 is 1.49 bits per heavy atom. The van der Waals surface area contributed by atoms with E-state index in [-0.39, 0.29) is 43.5 Å². The Morgan fingerprint density at radius 1 is 0.851 bits per heavy atom. The van der Waals surface area contributed by atoms with Gasteiger partial charge in [-0.3, -0.25) is 9.78 Å². The first kappa shape index (κ1) is 36.0. The number of ketones is 1. The number of carbonyl (C=O) groups is 1. The molecule has 0 spiro atoms. The van der Waals surface area contributed by atoms with E-state index in [1.807, 2.05) is 27.7 Å². The fourth-order valence-corrected chi connectivity index (χ4v) is 6.65. The number of hydrogen-bond acceptors (Lipinski definition) is 4. The number of allylic oxidation sites excluding steroid dienone is 2. The number of nitrogens with zero attached hydrogens (tertiary/aromatic N) is 3. The zero-order chi connectivity index (χ0) is 33.0. The van der Waals surface area contributed by atoms with E-state index in [0.717, 1.165) is 53.4 Å². The third-order valence-electron chi connectivity index (χ3n) is 9.42. The molecule has 0 aliphatic heterocycles. The van der Waals surface area contributed by atoms with Gasteiger partial charge in [-0.25, -0.2) is 4.98 Å². The summed E-state index contributed by atoms with van der Waals surface area (Å²) in [6.07, 6.45) is 6.58. The van der Waals surface area contributed by atoms with Gasteiger partial charge in [0.05, 0.1) is 11.3 Å². The molecule has 1 N–H and O–H groups in total. The predicted molar refractivity (Wildman–Crippen MR) is 193 cm³/mol. The van der Waals surface area contributed by atoms with Crippen molar-refractivity contribution in [3.05, 3.63) is 96.5 Å². The second-order valence-electron chi connectivity index (χ2n) is 12.5. The van der Waals surface area contributed by atoms with Crippen molar-refractivity contribution in [3.63, 3.8) is 0 Å². The van der Waals surface area contributed by atoms with E-state index < -0.39 is 0 Å². The van der Waals surface area contributed by atoms with Crippen LogP contribution in [0.15, 0.2) is 84.9 Å². The molecule has 4 aromatic carbocycles. The first-order valence-electron chi connectivity index (χ1n) is 16.7. The van der Waals surface area contributed by atoms with E-state index >= 15 is 0 Å². The second kappa shape index (κ2) is 15.8. The molecule has 5 nitrogen and oxygen atoms in total. The Morgan fingerprint density at radius 3 is 2.15 bits per heavy atom. The maximum absolute atomic E-state index is 11.7. The average Bonchev–Trinajstić information content (AvgIpc) is 3.37. The molecule has 0 saturated carbocycles. The van der Waals surface area contributed by atoms with Crippen molar-refractivity contribution in [2.75, 3.05) is 0 Å². The minimum Gasteiger partial charge on any atom is -0.512 e. The number of fused-ring (bicyclic) bond motifs is 6. The van der Waals surface area contributed by atoms with Gasteiger partial charge in [-0.2, -0.15) is 0 Å². The zero-order valence-corrected chi connectivity index (χ0v) is 31.0. The van der Waals surface area contributed by atoms with Gasteiger partial charge in [0.15, 0.2) is 5.78 Å².